The van der Waals surface area contributed by atoms with Gasteiger partial charge in [-0.25, -0.2) is 0 Å². The number of allylic oxidation sites excluding steroid dienone is 2. The maximum Gasteiger partial charge on any atom is 0.159 e. The molecule has 7 atom stereocenters. The van der Waals surface area contributed by atoms with Gasteiger partial charge in [-0.3, -0.25) is 4.79 Å². The summed E-state index contributed by atoms with van der Waals surface area (Å²) in [6, 6.07) is 0. The van der Waals surface area contributed by atoms with E-state index in [1.807, 2.05) is 0 Å². The molecule has 164 valence electrons. The van der Waals surface area contributed by atoms with Gasteiger partial charge in [-0.2, -0.15) is 0 Å². The van der Waals surface area contributed by atoms with Crippen LogP contribution in [-0.2, 0) is 4.79 Å². The highest BCUT2D eigenvalue weighted by Crippen LogP contribution is 2.65. The van der Waals surface area contributed by atoms with Crippen molar-refractivity contribution >= 4 is 5.78 Å². The summed E-state index contributed by atoms with van der Waals surface area (Å²) in [7, 11) is 4.30. The van der Waals surface area contributed by atoms with E-state index in [0.29, 0.717) is 34.9 Å². The molecular formula is C26H43NO2. The molecule has 3 fully saturated rings. The Morgan fingerprint density at radius 2 is 1.93 bits per heavy atom. The molecule has 0 saturated heterocycles. The minimum Gasteiger partial charge on any atom is -0.393 e. The van der Waals surface area contributed by atoms with Crippen molar-refractivity contribution in [2.24, 2.45) is 34.5 Å². The Bertz CT molecular complexity index is 682. The molecule has 29 heavy (non-hydrogen) atoms. The highest BCUT2D eigenvalue weighted by atomic mass is 16.3. The van der Waals surface area contributed by atoms with Gasteiger partial charge in [0.05, 0.1) is 6.10 Å². The first-order valence-electron chi connectivity index (χ1n) is 12.3. The number of carbonyl (C=O) groups excluding carboxylic acids is 1. The molecule has 0 spiro atoms. The van der Waals surface area contributed by atoms with Crippen molar-refractivity contribution < 1.29 is 9.90 Å². The van der Waals surface area contributed by atoms with Crippen LogP contribution < -0.4 is 0 Å². The van der Waals surface area contributed by atoms with E-state index in [0.717, 1.165) is 38.6 Å². The van der Waals surface area contributed by atoms with E-state index in [4.69, 9.17) is 0 Å². The first kappa shape index (κ1) is 21.6. The Morgan fingerprint density at radius 1 is 1.17 bits per heavy atom. The molecule has 4 rings (SSSR count). The summed E-state index contributed by atoms with van der Waals surface area (Å²) < 4.78 is 0. The standard InChI is InChI=1S/C26H43NO2/c1-17(7-6-14-27(4)5)22-16-23(29)24-20-9-8-18-15-19(28)10-12-25(18,2)21(20)11-13-26(22,24)3/h17-19,21-22,28H,6-16H2,1-5H3/t17-,18+,19+,21+,22-,25+,26-/m1/s1. The zero-order valence-corrected chi connectivity index (χ0v) is 19.5. The summed E-state index contributed by atoms with van der Waals surface area (Å²) in [4.78, 5) is 15.6. The maximum atomic E-state index is 13.4. The van der Waals surface area contributed by atoms with Crippen LogP contribution in [0.2, 0.25) is 0 Å². The second-order valence-corrected chi connectivity index (χ2v) is 11.7. The van der Waals surface area contributed by atoms with Gasteiger partial charge in [0.2, 0.25) is 0 Å². The SMILES string of the molecule is C[C@H](CCCN(C)C)[C@H]1CC(=O)C2=C3CC[C@H]4C[C@@H](O)CC[C@]4(C)[C@H]3CC[C@@]21C. The van der Waals surface area contributed by atoms with E-state index >= 15 is 0 Å². The topological polar surface area (TPSA) is 40.5 Å². The molecule has 0 aromatic carbocycles. The quantitative estimate of drug-likeness (QED) is 0.686. The fourth-order valence-electron chi connectivity index (χ4n) is 8.10. The average molecular weight is 402 g/mol. The molecule has 1 N–H and O–H groups in total. The van der Waals surface area contributed by atoms with Crippen molar-refractivity contribution in [1.29, 1.82) is 0 Å². The fourth-order valence-corrected chi connectivity index (χ4v) is 8.10. The van der Waals surface area contributed by atoms with Crippen LogP contribution in [-0.4, -0.2) is 42.5 Å². The second-order valence-electron chi connectivity index (χ2n) is 11.7. The van der Waals surface area contributed by atoms with E-state index in [1.54, 1.807) is 5.57 Å². The first-order valence-corrected chi connectivity index (χ1v) is 12.3. The number of nitrogens with zero attached hydrogens (tertiary/aromatic N) is 1. The van der Waals surface area contributed by atoms with Gasteiger partial charge in [0, 0.05) is 12.0 Å². The van der Waals surface area contributed by atoms with E-state index in [2.05, 4.69) is 39.8 Å². The second kappa shape index (κ2) is 7.79. The van der Waals surface area contributed by atoms with Crippen molar-refractivity contribution in [2.75, 3.05) is 20.6 Å². The lowest BCUT2D eigenvalue weighted by Gasteiger charge is -2.56. The van der Waals surface area contributed by atoms with E-state index in [1.165, 1.54) is 37.7 Å². The molecule has 4 aliphatic carbocycles. The summed E-state index contributed by atoms with van der Waals surface area (Å²) >= 11 is 0. The Kier molecular flexibility index (Phi) is 5.79. The molecule has 0 bridgehead atoms. The summed E-state index contributed by atoms with van der Waals surface area (Å²) in [6.45, 7) is 8.46. The lowest BCUT2D eigenvalue weighted by atomic mass is 9.48. The van der Waals surface area contributed by atoms with Gasteiger partial charge >= 0.3 is 0 Å². The minimum absolute atomic E-state index is 0.100. The Labute approximate surface area is 178 Å². The number of hydrogen-bond donors (Lipinski definition) is 1. The monoisotopic (exact) mass is 401 g/mol. The molecular weight excluding hydrogens is 358 g/mol. The van der Waals surface area contributed by atoms with Crippen LogP contribution in [0.25, 0.3) is 0 Å². The Hall–Kier alpha value is -0.670. The molecule has 3 nitrogen and oxygen atoms in total. The smallest absolute Gasteiger partial charge is 0.159 e. The van der Waals surface area contributed by atoms with Gasteiger partial charge in [-0.05, 0) is 113 Å². The third kappa shape index (κ3) is 3.55. The van der Waals surface area contributed by atoms with Crippen LogP contribution in [0.4, 0.5) is 0 Å². The number of aliphatic hydroxyl groups is 1. The highest BCUT2D eigenvalue weighted by Gasteiger charge is 2.57. The fraction of sp³-hybridized carbons (Fsp3) is 0.885. The maximum absolute atomic E-state index is 13.4. The van der Waals surface area contributed by atoms with Crippen LogP contribution in [0.15, 0.2) is 11.1 Å². The minimum atomic E-state index is -0.100. The summed E-state index contributed by atoms with van der Waals surface area (Å²) in [5.74, 6) is 2.86. The summed E-state index contributed by atoms with van der Waals surface area (Å²) in [5, 5.41) is 10.2. The van der Waals surface area contributed by atoms with Crippen molar-refractivity contribution in [3.8, 4) is 0 Å². The van der Waals surface area contributed by atoms with Crippen molar-refractivity contribution in [3.63, 3.8) is 0 Å². The van der Waals surface area contributed by atoms with Crippen LogP contribution in [0.3, 0.4) is 0 Å². The number of ketones is 1. The zero-order valence-electron chi connectivity index (χ0n) is 19.5. The summed E-state index contributed by atoms with van der Waals surface area (Å²) in [6.07, 6.45) is 10.9. The molecule has 0 unspecified atom stereocenters. The molecule has 0 amide bonds. The predicted octanol–water partition coefficient (Wildman–Crippen LogP) is 5.23. The number of rotatable bonds is 5. The molecule has 0 aromatic heterocycles. The van der Waals surface area contributed by atoms with Crippen LogP contribution in [0, 0.1) is 34.5 Å². The van der Waals surface area contributed by atoms with Crippen LogP contribution in [0.5, 0.6) is 0 Å². The van der Waals surface area contributed by atoms with E-state index in [-0.39, 0.29) is 11.5 Å². The van der Waals surface area contributed by atoms with Gasteiger partial charge in [0.25, 0.3) is 0 Å². The first-order chi connectivity index (χ1) is 13.7. The normalized spacial score (nSPS) is 43.2. The molecule has 0 radical (unpaired) electrons. The molecule has 3 saturated carbocycles. The van der Waals surface area contributed by atoms with Crippen molar-refractivity contribution in [1.82, 2.24) is 4.90 Å². The Morgan fingerprint density at radius 3 is 2.66 bits per heavy atom. The lowest BCUT2D eigenvalue weighted by molar-refractivity contribution is -0.115. The molecule has 3 heteroatoms. The highest BCUT2D eigenvalue weighted by molar-refractivity contribution is 6.00. The summed E-state index contributed by atoms with van der Waals surface area (Å²) in [5.41, 5.74) is 3.25. The third-order valence-corrected chi connectivity index (χ3v) is 9.78. The predicted molar refractivity (Wildman–Crippen MR) is 119 cm³/mol. The molecule has 0 aromatic rings. The number of fused-ring (bicyclic) bond motifs is 4. The average Bonchev–Trinajstić information content (AvgIpc) is 2.93. The van der Waals surface area contributed by atoms with Gasteiger partial charge in [-0.1, -0.05) is 26.3 Å². The number of hydrogen-bond acceptors (Lipinski definition) is 3. The molecule has 4 aliphatic rings. The van der Waals surface area contributed by atoms with Gasteiger partial charge in [-0.15, -0.1) is 0 Å². The lowest BCUT2D eigenvalue weighted by Crippen LogP contribution is -2.48. The number of Topliss-reactive ketones (excluding diaryl/α,β-unsaturated/α-hetero) is 1. The van der Waals surface area contributed by atoms with Gasteiger partial charge in [0.1, 0.15) is 0 Å². The van der Waals surface area contributed by atoms with Gasteiger partial charge in [0.15, 0.2) is 5.78 Å². The van der Waals surface area contributed by atoms with Crippen molar-refractivity contribution in [2.45, 2.75) is 91.1 Å². The van der Waals surface area contributed by atoms with Crippen molar-refractivity contribution in [3.05, 3.63) is 11.1 Å². The van der Waals surface area contributed by atoms with Crippen LogP contribution in [0.1, 0.15) is 85.0 Å². The third-order valence-electron chi connectivity index (χ3n) is 9.78. The molecule has 0 aliphatic heterocycles. The van der Waals surface area contributed by atoms with E-state index in [9.17, 15) is 9.90 Å². The number of carbonyl (C=O) groups is 1. The number of aliphatic hydroxyl groups excluding tert-OH is 1. The van der Waals surface area contributed by atoms with Gasteiger partial charge < -0.3 is 10.0 Å². The largest absolute Gasteiger partial charge is 0.393 e. The van der Waals surface area contributed by atoms with Crippen LogP contribution >= 0.6 is 0 Å². The zero-order chi connectivity index (χ0) is 21.0. The Balaban J connectivity index is 1.59. The molecule has 0 heterocycles. The van der Waals surface area contributed by atoms with E-state index < -0.39 is 0 Å².